The van der Waals surface area contributed by atoms with Gasteiger partial charge in [0.15, 0.2) is 11.5 Å². The molecule has 0 amide bonds. The molecule has 4 nitrogen and oxygen atoms in total. The third-order valence-electron chi connectivity index (χ3n) is 4.33. The number of phenols is 1. The number of hydrogen-bond donors (Lipinski definition) is 2. The Morgan fingerprint density at radius 1 is 1.17 bits per heavy atom. The molecule has 0 radical (unpaired) electrons. The number of unbranched alkanes of at least 4 members (excludes halogenated alkanes) is 2. The zero-order valence-electron chi connectivity index (χ0n) is 15.3. The number of methoxy groups -OCH3 is 1. The highest BCUT2D eigenvalue weighted by molar-refractivity contribution is 5.79. The molecule has 0 saturated carbocycles. The molecule has 2 N–H and O–H groups in total. The molecule has 24 heavy (non-hydrogen) atoms. The van der Waals surface area contributed by atoms with Gasteiger partial charge in [0.1, 0.15) is 5.78 Å². The zero-order valence-corrected chi connectivity index (χ0v) is 15.3. The van der Waals surface area contributed by atoms with Crippen LogP contribution in [0.2, 0.25) is 0 Å². The van der Waals surface area contributed by atoms with Crippen molar-refractivity contribution in [1.82, 2.24) is 0 Å². The van der Waals surface area contributed by atoms with E-state index in [2.05, 4.69) is 6.92 Å². The molecule has 1 atom stereocenters. The Kier molecular flexibility index (Phi) is 9.46. The molecule has 4 heteroatoms. The average Bonchev–Trinajstić information content (AvgIpc) is 2.54. The van der Waals surface area contributed by atoms with Crippen molar-refractivity contribution in [2.24, 2.45) is 0 Å². The molecule has 0 aromatic heterocycles. The number of hydrogen-bond acceptors (Lipinski definition) is 4. The maximum absolute atomic E-state index is 12.1. The molecule has 1 aromatic rings. The summed E-state index contributed by atoms with van der Waals surface area (Å²) in [6.07, 6.45) is 6.41. The molecule has 0 heterocycles. The molecule has 0 aliphatic heterocycles. The Balaban J connectivity index is 2.77. The second kappa shape index (κ2) is 11.1. The number of aliphatic hydroxyl groups is 1. The molecular formula is C20H32O4. The lowest BCUT2D eigenvalue weighted by molar-refractivity contribution is -0.121. The van der Waals surface area contributed by atoms with Crippen LogP contribution in [0.25, 0.3) is 0 Å². The van der Waals surface area contributed by atoms with Gasteiger partial charge in [-0.05, 0) is 37.3 Å². The van der Waals surface area contributed by atoms with Gasteiger partial charge in [-0.1, -0.05) is 39.2 Å². The maximum atomic E-state index is 12.1. The van der Waals surface area contributed by atoms with Crippen LogP contribution < -0.4 is 4.74 Å². The first kappa shape index (κ1) is 20.5. The minimum atomic E-state index is -0.527. The van der Waals surface area contributed by atoms with Crippen molar-refractivity contribution in [2.45, 2.75) is 77.7 Å². The summed E-state index contributed by atoms with van der Waals surface area (Å²) in [7, 11) is 1.56. The summed E-state index contributed by atoms with van der Waals surface area (Å²) in [6.45, 7) is 4.15. The van der Waals surface area contributed by atoms with Gasteiger partial charge in [0.2, 0.25) is 0 Å². The second-order valence-electron chi connectivity index (χ2n) is 6.40. The van der Waals surface area contributed by atoms with E-state index < -0.39 is 6.10 Å². The minimum Gasteiger partial charge on any atom is -0.504 e. The van der Waals surface area contributed by atoms with E-state index in [1.807, 2.05) is 13.0 Å². The number of carbonyl (C=O) groups excluding carboxylic acids is 1. The Hall–Kier alpha value is -1.55. The van der Waals surface area contributed by atoms with E-state index in [0.717, 1.165) is 43.2 Å². The number of Topliss-reactive ketones (excluding diaryl/α,β-unsaturated/α-hetero) is 1. The van der Waals surface area contributed by atoms with Crippen LogP contribution in [0.5, 0.6) is 11.5 Å². The van der Waals surface area contributed by atoms with E-state index in [9.17, 15) is 15.0 Å². The van der Waals surface area contributed by atoms with E-state index in [-0.39, 0.29) is 18.0 Å². The van der Waals surface area contributed by atoms with Gasteiger partial charge in [-0.3, -0.25) is 4.79 Å². The number of ether oxygens (including phenoxy) is 1. The van der Waals surface area contributed by atoms with Crippen molar-refractivity contribution < 1.29 is 19.7 Å². The SMILES string of the molecule is CCCCCc1c(CCC(=O)C[C@H](O)CCC)ccc(O)c1OC. The number of aryl methyl sites for hydroxylation is 1. The predicted molar refractivity (Wildman–Crippen MR) is 96.7 cm³/mol. The van der Waals surface area contributed by atoms with Gasteiger partial charge in [0.05, 0.1) is 13.2 Å². The fourth-order valence-corrected chi connectivity index (χ4v) is 3.02. The summed E-state index contributed by atoms with van der Waals surface area (Å²) in [6, 6.07) is 3.52. The van der Waals surface area contributed by atoms with E-state index >= 15 is 0 Å². The molecule has 0 bridgehead atoms. The molecule has 0 fully saturated rings. The number of aromatic hydroxyl groups is 1. The van der Waals surface area contributed by atoms with Crippen molar-refractivity contribution >= 4 is 5.78 Å². The third kappa shape index (κ3) is 6.52. The van der Waals surface area contributed by atoms with Crippen LogP contribution in [-0.2, 0) is 17.6 Å². The molecule has 1 aromatic carbocycles. The van der Waals surface area contributed by atoms with Gasteiger partial charge >= 0.3 is 0 Å². The lowest BCUT2D eigenvalue weighted by Gasteiger charge is -2.15. The standard InChI is InChI=1S/C20H32O4/c1-4-6-7-9-18-15(11-13-19(23)20(18)24-3)10-12-17(22)14-16(21)8-5-2/h11,13,16,21,23H,4-10,12,14H2,1-3H3/t16-/m1/s1. The normalized spacial score (nSPS) is 12.2. The zero-order chi connectivity index (χ0) is 17.9. The van der Waals surface area contributed by atoms with Crippen LogP contribution >= 0.6 is 0 Å². The Labute approximate surface area is 145 Å². The van der Waals surface area contributed by atoms with Crippen LogP contribution in [0, 0.1) is 0 Å². The van der Waals surface area contributed by atoms with Gasteiger partial charge in [0, 0.05) is 18.4 Å². The van der Waals surface area contributed by atoms with Gasteiger partial charge < -0.3 is 14.9 Å². The molecule has 1 rings (SSSR count). The van der Waals surface area contributed by atoms with Crippen molar-refractivity contribution in [3.63, 3.8) is 0 Å². The first-order valence-electron chi connectivity index (χ1n) is 9.10. The van der Waals surface area contributed by atoms with Gasteiger partial charge in [0.25, 0.3) is 0 Å². The number of ketones is 1. The molecule has 0 saturated heterocycles. The number of phenolic OH excluding ortho intramolecular Hbond substituents is 1. The predicted octanol–water partition coefficient (Wildman–Crippen LogP) is 4.19. The van der Waals surface area contributed by atoms with Crippen LogP contribution in [-0.4, -0.2) is 29.2 Å². The van der Waals surface area contributed by atoms with Crippen molar-refractivity contribution in [3.8, 4) is 11.5 Å². The van der Waals surface area contributed by atoms with Crippen LogP contribution in [0.1, 0.15) is 69.9 Å². The summed E-state index contributed by atoms with van der Waals surface area (Å²) in [4.78, 5) is 12.1. The highest BCUT2D eigenvalue weighted by Crippen LogP contribution is 2.34. The first-order valence-corrected chi connectivity index (χ1v) is 9.10. The lowest BCUT2D eigenvalue weighted by atomic mass is 9.94. The topological polar surface area (TPSA) is 66.8 Å². The van der Waals surface area contributed by atoms with Gasteiger partial charge in [-0.15, -0.1) is 0 Å². The summed E-state index contributed by atoms with van der Waals surface area (Å²) >= 11 is 0. The van der Waals surface area contributed by atoms with Crippen LogP contribution in [0.3, 0.4) is 0 Å². The van der Waals surface area contributed by atoms with E-state index in [0.29, 0.717) is 25.0 Å². The number of benzene rings is 1. The Morgan fingerprint density at radius 3 is 2.54 bits per heavy atom. The van der Waals surface area contributed by atoms with Crippen molar-refractivity contribution in [1.29, 1.82) is 0 Å². The quantitative estimate of drug-likeness (QED) is 0.562. The first-order chi connectivity index (χ1) is 11.5. The van der Waals surface area contributed by atoms with E-state index in [4.69, 9.17) is 4.74 Å². The van der Waals surface area contributed by atoms with Crippen molar-refractivity contribution in [3.05, 3.63) is 23.3 Å². The molecule has 136 valence electrons. The monoisotopic (exact) mass is 336 g/mol. The summed E-state index contributed by atoms with van der Waals surface area (Å²) in [5.41, 5.74) is 2.06. The molecule has 0 unspecified atom stereocenters. The van der Waals surface area contributed by atoms with E-state index in [1.165, 1.54) is 0 Å². The van der Waals surface area contributed by atoms with Gasteiger partial charge in [-0.25, -0.2) is 0 Å². The maximum Gasteiger partial charge on any atom is 0.163 e. The Morgan fingerprint density at radius 2 is 1.92 bits per heavy atom. The molecule has 0 spiro atoms. The highest BCUT2D eigenvalue weighted by atomic mass is 16.5. The van der Waals surface area contributed by atoms with Gasteiger partial charge in [-0.2, -0.15) is 0 Å². The largest absolute Gasteiger partial charge is 0.504 e. The highest BCUT2D eigenvalue weighted by Gasteiger charge is 2.16. The molecular weight excluding hydrogens is 304 g/mol. The van der Waals surface area contributed by atoms with Crippen molar-refractivity contribution in [2.75, 3.05) is 7.11 Å². The lowest BCUT2D eigenvalue weighted by Crippen LogP contribution is -2.14. The van der Waals surface area contributed by atoms with E-state index in [1.54, 1.807) is 13.2 Å². The smallest absolute Gasteiger partial charge is 0.163 e. The fourth-order valence-electron chi connectivity index (χ4n) is 3.02. The van der Waals surface area contributed by atoms with Crippen LogP contribution in [0.15, 0.2) is 12.1 Å². The number of carbonyl (C=O) groups is 1. The minimum absolute atomic E-state index is 0.0856. The molecule has 0 aliphatic carbocycles. The average molecular weight is 336 g/mol. The fraction of sp³-hybridized carbons (Fsp3) is 0.650. The molecule has 0 aliphatic rings. The third-order valence-corrected chi connectivity index (χ3v) is 4.33. The number of aliphatic hydroxyl groups excluding tert-OH is 1. The second-order valence-corrected chi connectivity index (χ2v) is 6.40. The summed E-state index contributed by atoms with van der Waals surface area (Å²) in [5, 5.41) is 19.8. The van der Waals surface area contributed by atoms with Crippen LogP contribution in [0.4, 0.5) is 0 Å². The Bertz CT molecular complexity index is 511. The number of rotatable bonds is 12. The summed E-state index contributed by atoms with van der Waals surface area (Å²) in [5.74, 6) is 0.766. The summed E-state index contributed by atoms with van der Waals surface area (Å²) < 4.78 is 5.38.